The molecule has 1 aromatic carbocycles. The van der Waals surface area contributed by atoms with E-state index in [1.165, 1.54) is 0 Å². The van der Waals surface area contributed by atoms with Gasteiger partial charge in [0.05, 0.1) is 0 Å². The predicted octanol–water partition coefficient (Wildman–Crippen LogP) is 1.18. The van der Waals surface area contributed by atoms with Gasteiger partial charge in [0, 0.05) is 17.8 Å². The Morgan fingerprint density at radius 2 is 2.30 bits per heavy atom. The highest BCUT2D eigenvalue weighted by Gasteiger charge is 2.30. The SMILES string of the molecule is CC(C(=O)NC1CC1)S(=O)c1nc2ccc(N)cc2o1. The average molecular weight is 293 g/mol. The molecule has 20 heavy (non-hydrogen) atoms. The summed E-state index contributed by atoms with van der Waals surface area (Å²) in [7, 11) is -1.62. The van der Waals surface area contributed by atoms with E-state index in [-0.39, 0.29) is 17.2 Å². The lowest BCUT2D eigenvalue weighted by Gasteiger charge is -2.08. The van der Waals surface area contributed by atoms with E-state index in [0.29, 0.717) is 16.8 Å². The topological polar surface area (TPSA) is 98.2 Å². The summed E-state index contributed by atoms with van der Waals surface area (Å²) in [5, 5.41) is 2.19. The van der Waals surface area contributed by atoms with E-state index < -0.39 is 16.0 Å². The summed E-state index contributed by atoms with van der Waals surface area (Å²) in [4.78, 5) is 16.0. The van der Waals surface area contributed by atoms with Crippen molar-refractivity contribution < 1.29 is 13.4 Å². The summed E-state index contributed by atoms with van der Waals surface area (Å²) in [6, 6.07) is 5.26. The quantitative estimate of drug-likeness (QED) is 0.825. The molecule has 1 aliphatic carbocycles. The van der Waals surface area contributed by atoms with Gasteiger partial charge < -0.3 is 15.5 Å². The number of hydrogen-bond donors (Lipinski definition) is 2. The molecule has 2 aromatic rings. The van der Waals surface area contributed by atoms with Gasteiger partial charge in [-0.05, 0) is 31.9 Å². The second kappa shape index (κ2) is 4.90. The maximum atomic E-state index is 12.3. The molecule has 6 nitrogen and oxygen atoms in total. The van der Waals surface area contributed by atoms with Gasteiger partial charge in [0.2, 0.25) is 5.91 Å². The molecule has 1 heterocycles. The van der Waals surface area contributed by atoms with Crippen LogP contribution in [0.5, 0.6) is 0 Å². The average Bonchev–Trinajstić information content (AvgIpc) is 3.13. The lowest BCUT2D eigenvalue weighted by Crippen LogP contribution is -2.36. The first-order valence-corrected chi connectivity index (χ1v) is 7.63. The summed E-state index contributed by atoms with van der Waals surface area (Å²) in [6.07, 6.45) is 1.99. The first-order valence-electron chi connectivity index (χ1n) is 6.41. The summed E-state index contributed by atoms with van der Waals surface area (Å²) < 4.78 is 17.7. The van der Waals surface area contributed by atoms with E-state index in [2.05, 4.69) is 10.3 Å². The number of aromatic nitrogens is 1. The van der Waals surface area contributed by atoms with Crippen molar-refractivity contribution in [3.63, 3.8) is 0 Å². The van der Waals surface area contributed by atoms with E-state index in [0.717, 1.165) is 12.8 Å². The lowest BCUT2D eigenvalue weighted by atomic mass is 10.3. The molecule has 2 atom stereocenters. The van der Waals surface area contributed by atoms with Crippen LogP contribution in [-0.4, -0.2) is 26.4 Å². The van der Waals surface area contributed by atoms with Gasteiger partial charge >= 0.3 is 0 Å². The number of oxazole rings is 1. The van der Waals surface area contributed by atoms with E-state index in [1.807, 2.05) is 0 Å². The van der Waals surface area contributed by atoms with Crippen LogP contribution in [0.3, 0.4) is 0 Å². The number of hydrogen-bond acceptors (Lipinski definition) is 5. The van der Waals surface area contributed by atoms with Crippen molar-refractivity contribution >= 4 is 33.5 Å². The fourth-order valence-electron chi connectivity index (χ4n) is 1.80. The Bertz CT molecular complexity index is 693. The van der Waals surface area contributed by atoms with Crippen LogP contribution in [0, 0.1) is 0 Å². The van der Waals surface area contributed by atoms with Gasteiger partial charge in [-0.3, -0.25) is 4.79 Å². The van der Waals surface area contributed by atoms with E-state index in [1.54, 1.807) is 25.1 Å². The van der Waals surface area contributed by atoms with Crippen molar-refractivity contribution in [1.82, 2.24) is 10.3 Å². The number of nitrogen functional groups attached to an aromatic ring is 1. The fourth-order valence-corrected chi connectivity index (χ4v) is 2.73. The molecule has 3 N–H and O–H groups in total. The molecule has 0 saturated heterocycles. The minimum absolute atomic E-state index is 0.0593. The standard InChI is InChI=1S/C13H15N3O3S/c1-7(12(17)15-9-3-4-9)20(18)13-16-10-5-2-8(14)6-11(10)19-13/h2,5-7,9H,3-4,14H2,1H3,(H,15,17). The molecule has 1 amide bonds. The number of anilines is 1. The highest BCUT2D eigenvalue weighted by molar-refractivity contribution is 7.86. The van der Waals surface area contributed by atoms with Crippen LogP contribution >= 0.6 is 0 Å². The third-order valence-electron chi connectivity index (χ3n) is 3.18. The number of rotatable bonds is 4. The molecule has 1 saturated carbocycles. The number of nitrogens with zero attached hydrogens (tertiary/aromatic N) is 1. The number of nitrogens with two attached hydrogens (primary N) is 1. The molecule has 7 heteroatoms. The van der Waals surface area contributed by atoms with Gasteiger partial charge in [-0.2, -0.15) is 0 Å². The Kier molecular flexibility index (Phi) is 3.21. The van der Waals surface area contributed by atoms with Crippen molar-refractivity contribution in [3.05, 3.63) is 18.2 Å². The zero-order valence-corrected chi connectivity index (χ0v) is 11.8. The Balaban J connectivity index is 1.81. The number of benzene rings is 1. The maximum Gasteiger partial charge on any atom is 0.288 e. The summed E-state index contributed by atoms with van der Waals surface area (Å²) in [5.74, 6) is -0.229. The number of amides is 1. The van der Waals surface area contributed by atoms with Crippen LogP contribution in [0.1, 0.15) is 19.8 Å². The molecule has 0 aliphatic heterocycles. The molecule has 1 aromatic heterocycles. The molecule has 106 valence electrons. The molecule has 1 aliphatic rings. The zero-order chi connectivity index (χ0) is 14.3. The van der Waals surface area contributed by atoms with Crippen LogP contribution < -0.4 is 11.1 Å². The second-order valence-corrected chi connectivity index (χ2v) is 6.58. The molecule has 1 fully saturated rings. The third-order valence-corrected chi connectivity index (χ3v) is 4.55. The smallest absolute Gasteiger partial charge is 0.288 e. The summed E-state index contributed by atoms with van der Waals surface area (Å²) >= 11 is 0. The molecular formula is C13H15N3O3S. The first-order chi connectivity index (χ1) is 9.54. The Hall–Kier alpha value is -1.89. The van der Waals surface area contributed by atoms with Crippen molar-refractivity contribution in [2.75, 3.05) is 5.73 Å². The van der Waals surface area contributed by atoms with Gasteiger partial charge in [0.25, 0.3) is 5.22 Å². The minimum Gasteiger partial charge on any atom is -0.430 e. The van der Waals surface area contributed by atoms with Crippen LogP contribution in [-0.2, 0) is 15.6 Å². The molecule has 2 unspecified atom stereocenters. The zero-order valence-electron chi connectivity index (χ0n) is 11.0. The fraction of sp³-hybridized carbons (Fsp3) is 0.385. The van der Waals surface area contributed by atoms with Crippen molar-refractivity contribution in [2.45, 2.75) is 36.3 Å². The van der Waals surface area contributed by atoms with Gasteiger partial charge in [0.15, 0.2) is 5.58 Å². The van der Waals surface area contributed by atoms with Gasteiger partial charge in [-0.25, -0.2) is 9.19 Å². The minimum atomic E-state index is -1.62. The number of carbonyl (C=O) groups excluding carboxylic acids is 1. The van der Waals surface area contributed by atoms with Crippen LogP contribution in [0.15, 0.2) is 27.8 Å². The molecule has 3 rings (SSSR count). The van der Waals surface area contributed by atoms with Crippen molar-refractivity contribution in [2.24, 2.45) is 0 Å². The lowest BCUT2D eigenvalue weighted by molar-refractivity contribution is -0.120. The number of carbonyl (C=O) groups is 1. The maximum absolute atomic E-state index is 12.3. The van der Waals surface area contributed by atoms with Crippen LogP contribution in [0.4, 0.5) is 5.69 Å². The van der Waals surface area contributed by atoms with E-state index >= 15 is 0 Å². The van der Waals surface area contributed by atoms with Gasteiger partial charge in [0.1, 0.15) is 21.6 Å². The highest BCUT2D eigenvalue weighted by Crippen LogP contribution is 2.23. The number of fused-ring (bicyclic) bond motifs is 1. The predicted molar refractivity (Wildman–Crippen MR) is 75.5 cm³/mol. The Morgan fingerprint density at radius 1 is 1.55 bits per heavy atom. The van der Waals surface area contributed by atoms with E-state index in [9.17, 15) is 9.00 Å². The number of nitrogens with one attached hydrogen (secondary N) is 1. The summed E-state index contributed by atoms with van der Waals surface area (Å²) in [6.45, 7) is 1.61. The molecule has 0 bridgehead atoms. The van der Waals surface area contributed by atoms with Gasteiger partial charge in [-0.1, -0.05) is 0 Å². The Morgan fingerprint density at radius 3 is 3.00 bits per heavy atom. The van der Waals surface area contributed by atoms with Crippen LogP contribution in [0.25, 0.3) is 11.1 Å². The third kappa shape index (κ3) is 2.53. The Labute approximate surface area is 118 Å². The summed E-state index contributed by atoms with van der Waals surface area (Å²) in [5.41, 5.74) is 7.25. The highest BCUT2D eigenvalue weighted by atomic mass is 32.2. The molecule has 0 radical (unpaired) electrons. The monoisotopic (exact) mass is 293 g/mol. The molecular weight excluding hydrogens is 278 g/mol. The normalized spacial score (nSPS) is 17.9. The van der Waals surface area contributed by atoms with Crippen molar-refractivity contribution in [3.8, 4) is 0 Å². The largest absolute Gasteiger partial charge is 0.430 e. The van der Waals surface area contributed by atoms with Crippen molar-refractivity contribution in [1.29, 1.82) is 0 Å². The van der Waals surface area contributed by atoms with Crippen LogP contribution in [0.2, 0.25) is 0 Å². The molecule has 0 spiro atoms. The van der Waals surface area contributed by atoms with Gasteiger partial charge in [-0.15, -0.1) is 0 Å². The van der Waals surface area contributed by atoms with E-state index in [4.69, 9.17) is 10.2 Å². The first kappa shape index (κ1) is 13.1. The second-order valence-electron chi connectivity index (χ2n) is 4.93.